The first-order valence-electron chi connectivity index (χ1n) is 11.4. The molecular formula is C31H20ClN3. The van der Waals surface area contributed by atoms with Gasteiger partial charge in [-0.05, 0) is 50.7 Å². The molecule has 0 saturated carbocycles. The van der Waals surface area contributed by atoms with Crippen LogP contribution in [0.15, 0.2) is 121 Å². The molecule has 0 radical (unpaired) electrons. The Balaban J connectivity index is 1.29. The summed E-state index contributed by atoms with van der Waals surface area (Å²) in [4.78, 5) is 13.5. The molecule has 3 nitrogen and oxygen atoms in total. The highest BCUT2D eigenvalue weighted by Gasteiger charge is 2.11. The summed E-state index contributed by atoms with van der Waals surface area (Å²) >= 11 is 6.30. The van der Waals surface area contributed by atoms with E-state index >= 15 is 0 Å². The summed E-state index contributed by atoms with van der Waals surface area (Å²) in [6.45, 7) is 0. The minimum atomic E-state index is 0.179. The van der Waals surface area contributed by atoms with Crippen molar-refractivity contribution in [3.63, 3.8) is 0 Å². The lowest BCUT2D eigenvalue weighted by Gasteiger charge is -2.08. The molecule has 1 aromatic heterocycles. The molecule has 0 fully saturated rings. The molecule has 6 aromatic rings. The van der Waals surface area contributed by atoms with E-state index in [1.165, 1.54) is 16.5 Å². The number of nitrogens with zero attached hydrogens (tertiary/aromatic N) is 3. The van der Waals surface area contributed by atoms with Crippen molar-refractivity contribution in [3.8, 4) is 45.0 Å². The number of benzene rings is 5. The number of rotatable bonds is 4. The second-order valence-electron chi connectivity index (χ2n) is 8.33. The minimum absolute atomic E-state index is 0.179. The van der Waals surface area contributed by atoms with Crippen LogP contribution in [0, 0.1) is 0 Å². The molecule has 0 bridgehead atoms. The van der Waals surface area contributed by atoms with Crippen molar-refractivity contribution in [2.24, 2.45) is 0 Å². The summed E-state index contributed by atoms with van der Waals surface area (Å²) in [7, 11) is 0. The van der Waals surface area contributed by atoms with Gasteiger partial charge in [0.2, 0.25) is 5.28 Å². The average molecular weight is 470 g/mol. The molecule has 0 aliphatic rings. The monoisotopic (exact) mass is 469 g/mol. The lowest BCUT2D eigenvalue weighted by atomic mass is 9.99. The predicted octanol–water partition coefficient (Wildman–Crippen LogP) is 8.35. The van der Waals surface area contributed by atoms with E-state index < -0.39 is 0 Å². The van der Waals surface area contributed by atoms with Crippen LogP contribution < -0.4 is 0 Å². The van der Waals surface area contributed by atoms with Gasteiger partial charge in [0.25, 0.3) is 0 Å². The minimum Gasteiger partial charge on any atom is -0.208 e. The molecule has 6 rings (SSSR count). The topological polar surface area (TPSA) is 38.7 Å². The van der Waals surface area contributed by atoms with Crippen LogP contribution in [0.3, 0.4) is 0 Å². The van der Waals surface area contributed by atoms with Gasteiger partial charge in [0.05, 0.1) is 0 Å². The Hall–Kier alpha value is -4.34. The van der Waals surface area contributed by atoms with Gasteiger partial charge in [0, 0.05) is 11.1 Å². The summed E-state index contributed by atoms with van der Waals surface area (Å²) < 4.78 is 0. The van der Waals surface area contributed by atoms with Gasteiger partial charge >= 0.3 is 0 Å². The Bertz CT molecular complexity index is 1630. The van der Waals surface area contributed by atoms with E-state index in [1.54, 1.807) is 0 Å². The SMILES string of the molecule is Clc1nc(-c2ccc(-c3ccc(-c4ccccc4)cc3)cc2)nc(-c2ccc3ccccc3c2)n1. The summed E-state index contributed by atoms with van der Waals surface area (Å²) in [6.07, 6.45) is 0. The molecule has 166 valence electrons. The number of hydrogen-bond donors (Lipinski definition) is 0. The molecule has 0 aliphatic heterocycles. The van der Waals surface area contributed by atoms with Crippen LogP contribution in [-0.4, -0.2) is 15.0 Å². The van der Waals surface area contributed by atoms with Gasteiger partial charge in [0.1, 0.15) is 0 Å². The molecule has 0 aliphatic carbocycles. The van der Waals surface area contributed by atoms with Crippen LogP contribution in [0.5, 0.6) is 0 Å². The van der Waals surface area contributed by atoms with Crippen molar-refractivity contribution >= 4 is 22.4 Å². The molecule has 0 atom stereocenters. The van der Waals surface area contributed by atoms with Gasteiger partial charge in [-0.1, -0.05) is 115 Å². The largest absolute Gasteiger partial charge is 0.226 e. The number of fused-ring (bicyclic) bond motifs is 1. The van der Waals surface area contributed by atoms with E-state index in [2.05, 4.69) is 94.9 Å². The van der Waals surface area contributed by atoms with E-state index in [1.807, 2.05) is 36.4 Å². The highest BCUT2D eigenvalue weighted by molar-refractivity contribution is 6.28. The van der Waals surface area contributed by atoms with E-state index in [0.29, 0.717) is 11.6 Å². The fourth-order valence-corrected chi connectivity index (χ4v) is 4.39. The average Bonchev–Trinajstić information content (AvgIpc) is 2.93. The van der Waals surface area contributed by atoms with E-state index in [0.717, 1.165) is 27.6 Å². The smallest absolute Gasteiger partial charge is 0.208 e. The van der Waals surface area contributed by atoms with Crippen LogP contribution >= 0.6 is 11.6 Å². The number of halogens is 1. The molecule has 0 amide bonds. The number of hydrogen-bond acceptors (Lipinski definition) is 3. The summed E-state index contributed by atoms with van der Waals surface area (Å²) in [6, 6.07) is 41.6. The molecule has 0 N–H and O–H groups in total. The Kier molecular flexibility index (Phi) is 5.53. The highest BCUT2D eigenvalue weighted by Crippen LogP contribution is 2.28. The highest BCUT2D eigenvalue weighted by atomic mass is 35.5. The van der Waals surface area contributed by atoms with Crippen LogP contribution in [0.1, 0.15) is 0 Å². The summed E-state index contributed by atoms with van der Waals surface area (Å²) in [5.41, 5.74) is 6.49. The standard InChI is InChI=1S/C31H20ClN3/c32-31-34-29(33-30(35-31)28-19-16-22-8-4-5-9-27(22)20-28)26-17-14-25(15-18-26)24-12-10-23(11-13-24)21-6-2-1-3-7-21/h1-20H. The first-order valence-corrected chi connectivity index (χ1v) is 11.8. The first kappa shape index (κ1) is 21.2. The summed E-state index contributed by atoms with van der Waals surface area (Å²) in [5.74, 6) is 1.12. The Morgan fingerprint density at radius 3 is 1.46 bits per heavy atom. The van der Waals surface area contributed by atoms with Crippen LogP contribution in [-0.2, 0) is 0 Å². The molecule has 0 spiro atoms. The van der Waals surface area contributed by atoms with Crippen molar-refractivity contribution in [3.05, 3.63) is 127 Å². The van der Waals surface area contributed by atoms with Crippen LogP contribution in [0.2, 0.25) is 5.28 Å². The van der Waals surface area contributed by atoms with Gasteiger partial charge in [0.15, 0.2) is 11.6 Å². The maximum atomic E-state index is 6.30. The van der Waals surface area contributed by atoms with Crippen molar-refractivity contribution in [2.75, 3.05) is 0 Å². The van der Waals surface area contributed by atoms with Crippen LogP contribution in [0.25, 0.3) is 55.8 Å². The van der Waals surface area contributed by atoms with Crippen LogP contribution in [0.4, 0.5) is 0 Å². The third kappa shape index (κ3) is 4.42. The maximum absolute atomic E-state index is 6.30. The quantitative estimate of drug-likeness (QED) is 0.260. The zero-order chi connectivity index (χ0) is 23.6. The Labute approximate surface area is 208 Å². The predicted molar refractivity (Wildman–Crippen MR) is 144 cm³/mol. The van der Waals surface area contributed by atoms with Gasteiger partial charge in [-0.2, -0.15) is 9.97 Å². The van der Waals surface area contributed by atoms with Gasteiger partial charge < -0.3 is 0 Å². The molecular weight excluding hydrogens is 450 g/mol. The van der Waals surface area contributed by atoms with Gasteiger partial charge in [-0.3, -0.25) is 0 Å². The van der Waals surface area contributed by atoms with Gasteiger partial charge in [-0.25, -0.2) is 4.98 Å². The normalized spacial score (nSPS) is 11.0. The molecule has 4 heteroatoms. The second-order valence-corrected chi connectivity index (χ2v) is 8.67. The molecule has 35 heavy (non-hydrogen) atoms. The van der Waals surface area contributed by atoms with Crippen molar-refractivity contribution in [2.45, 2.75) is 0 Å². The van der Waals surface area contributed by atoms with Crippen molar-refractivity contribution < 1.29 is 0 Å². The Morgan fingerprint density at radius 1 is 0.371 bits per heavy atom. The lowest BCUT2D eigenvalue weighted by molar-refractivity contribution is 1.07. The lowest BCUT2D eigenvalue weighted by Crippen LogP contribution is -1.97. The van der Waals surface area contributed by atoms with E-state index in [-0.39, 0.29) is 5.28 Å². The third-order valence-electron chi connectivity index (χ3n) is 6.08. The second kappa shape index (κ2) is 9.13. The maximum Gasteiger partial charge on any atom is 0.226 e. The summed E-state index contributed by atoms with van der Waals surface area (Å²) in [5, 5.41) is 2.48. The zero-order valence-electron chi connectivity index (χ0n) is 18.8. The first-order chi connectivity index (χ1) is 17.2. The number of aromatic nitrogens is 3. The zero-order valence-corrected chi connectivity index (χ0v) is 19.5. The fraction of sp³-hybridized carbons (Fsp3) is 0. The van der Waals surface area contributed by atoms with Crippen molar-refractivity contribution in [1.29, 1.82) is 0 Å². The molecule has 0 unspecified atom stereocenters. The Morgan fingerprint density at radius 2 is 0.829 bits per heavy atom. The van der Waals surface area contributed by atoms with E-state index in [9.17, 15) is 0 Å². The molecule has 1 heterocycles. The fourth-order valence-electron chi connectivity index (χ4n) is 4.23. The molecule has 0 saturated heterocycles. The molecule has 5 aromatic carbocycles. The van der Waals surface area contributed by atoms with Gasteiger partial charge in [-0.15, -0.1) is 0 Å². The third-order valence-corrected chi connectivity index (χ3v) is 6.25. The van der Waals surface area contributed by atoms with Crippen molar-refractivity contribution in [1.82, 2.24) is 15.0 Å². The van der Waals surface area contributed by atoms with E-state index in [4.69, 9.17) is 16.6 Å².